The molecule has 1 atom stereocenters. The van der Waals surface area contributed by atoms with Gasteiger partial charge in [-0.2, -0.15) is 4.98 Å². The minimum Gasteiger partial charge on any atom is -0.451 e. The number of ether oxygens (including phenoxy) is 2. The van der Waals surface area contributed by atoms with Crippen molar-refractivity contribution in [2.45, 2.75) is 53.2 Å². The highest BCUT2D eigenvalue weighted by Crippen LogP contribution is 2.21. The zero-order valence-corrected chi connectivity index (χ0v) is 17.6. The number of ketones is 1. The molecule has 1 fully saturated rings. The lowest BCUT2D eigenvalue weighted by atomic mass is 10.1. The number of aromatic nitrogens is 5. The fourth-order valence-electron chi connectivity index (χ4n) is 3.88. The standard InChI is InChI=1S/C21H25N5O4/c1-12-8-14(3)26-21(22-12)23-19(24-26)20(28)30-11-18(27)17-9-13(2)25(15(17)4)10-16-6-5-7-29-16/h8-9,16H,5-7,10-11H2,1-4H3/t16-/m0/s1. The van der Waals surface area contributed by atoms with Gasteiger partial charge in [0.25, 0.3) is 11.6 Å². The molecule has 0 spiro atoms. The molecule has 4 rings (SSSR count). The summed E-state index contributed by atoms with van der Waals surface area (Å²) in [7, 11) is 0. The van der Waals surface area contributed by atoms with Crippen molar-refractivity contribution in [1.29, 1.82) is 0 Å². The Kier molecular flexibility index (Phi) is 5.38. The van der Waals surface area contributed by atoms with Gasteiger partial charge in [-0.25, -0.2) is 14.3 Å². The van der Waals surface area contributed by atoms with Gasteiger partial charge < -0.3 is 14.0 Å². The topological polar surface area (TPSA) is 101 Å². The van der Waals surface area contributed by atoms with Gasteiger partial charge in [0, 0.05) is 41.5 Å². The van der Waals surface area contributed by atoms with E-state index in [9.17, 15) is 9.59 Å². The minimum atomic E-state index is -0.751. The Morgan fingerprint density at radius 2 is 1.97 bits per heavy atom. The molecule has 3 aromatic heterocycles. The third-order valence-electron chi connectivity index (χ3n) is 5.42. The van der Waals surface area contributed by atoms with Gasteiger partial charge in [0.2, 0.25) is 5.78 Å². The monoisotopic (exact) mass is 411 g/mol. The first-order chi connectivity index (χ1) is 14.3. The predicted octanol–water partition coefficient (Wildman–Crippen LogP) is 2.38. The molecule has 0 radical (unpaired) electrons. The first kappa shape index (κ1) is 20.2. The van der Waals surface area contributed by atoms with Crippen LogP contribution in [-0.4, -0.2) is 55.2 Å². The zero-order chi connectivity index (χ0) is 21.4. The Morgan fingerprint density at radius 3 is 2.70 bits per heavy atom. The molecule has 1 saturated heterocycles. The lowest BCUT2D eigenvalue weighted by Gasteiger charge is -2.14. The van der Waals surface area contributed by atoms with Crippen molar-refractivity contribution in [2.75, 3.05) is 13.2 Å². The number of carbonyl (C=O) groups excluding carboxylic acids is 2. The van der Waals surface area contributed by atoms with Gasteiger partial charge in [-0.3, -0.25) is 4.79 Å². The van der Waals surface area contributed by atoms with Gasteiger partial charge in [0.1, 0.15) is 0 Å². The number of fused-ring (bicyclic) bond motifs is 1. The van der Waals surface area contributed by atoms with Crippen LogP contribution in [0.5, 0.6) is 0 Å². The van der Waals surface area contributed by atoms with E-state index in [0.29, 0.717) is 11.3 Å². The van der Waals surface area contributed by atoms with Gasteiger partial charge in [0.05, 0.1) is 6.10 Å². The molecular formula is C21H25N5O4. The summed E-state index contributed by atoms with van der Waals surface area (Å²) in [5.74, 6) is -0.806. The average Bonchev–Trinajstić information content (AvgIpc) is 3.42. The van der Waals surface area contributed by atoms with E-state index in [2.05, 4.69) is 19.6 Å². The fourth-order valence-corrected chi connectivity index (χ4v) is 3.88. The van der Waals surface area contributed by atoms with Crippen LogP contribution in [-0.2, 0) is 16.0 Å². The molecule has 1 aliphatic rings. The van der Waals surface area contributed by atoms with Crippen LogP contribution < -0.4 is 0 Å². The summed E-state index contributed by atoms with van der Waals surface area (Å²) in [6.07, 6.45) is 2.27. The molecule has 30 heavy (non-hydrogen) atoms. The van der Waals surface area contributed by atoms with Crippen LogP contribution in [0.25, 0.3) is 5.78 Å². The highest BCUT2D eigenvalue weighted by molar-refractivity contribution is 6.00. The van der Waals surface area contributed by atoms with Gasteiger partial charge in [-0.05, 0) is 52.7 Å². The summed E-state index contributed by atoms with van der Waals surface area (Å²) in [6, 6.07) is 3.67. The molecule has 158 valence electrons. The lowest BCUT2D eigenvalue weighted by Crippen LogP contribution is -2.18. The van der Waals surface area contributed by atoms with Crippen molar-refractivity contribution in [2.24, 2.45) is 0 Å². The molecule has 3 aromatic rings. The molecule has 4 heterocycles. The molecule has 0 aromatic carbocycles. The molecule has 9 nitrogen and oxygen atoms in total. The van der Waals surface area contributed by atoms with Crippen molar-refractivity contribution in [3.8, 4) is 0 Å². The van der Waals surface area contributed by atoms with E-state index >= 15 is 0 Å². The minimum absolute atomic E-state index is 0.118. The van der Waals surface area contributed by atoms with Crippen LogP contribution in [0.4, 0.5) is 0 Å². The number of hydrogen-bond donors (Lipinski definition) is 0. The Hall–Kier alpha value is -3.07. The second-order valence-electron chi connectivity index (χ2n) is 7.72. The molecular weight excluding hydrogens is 386 g/mol. The summed E-state index contributed by atoms with van der Waals surface area (Å²) in [5.41, 5.74) is 3.97. The van der Waals surface area contributed by atoms with Gasteiger partial charge in [-0.1, -0.05) is 0 Å². The van der Waals surface area contributed by atoms with Crippen LogP contribution in [0.15, 0.2) is 12.1 Å². The quantitative estimate of drug-likeness (QED) is 0.453. The van der Waals surface area contributed by atoms with Crippen LogP contribution in [0, 0.1) is 27.7 Å². The van der Waals surface area contributed by atoms with Crippen molar-refractivity contribution < 1.29 is 19.1 Å². The van der Waals surface area contributed by atoms with Gasteiger partial charge in [-0.15, -0.1) is 5.10 Å². The van der Waals surface area contributed by atoms with Gasteiger partial charge >= 0.3 is 5.97 Å². The van der Waals surface area contributed by atoms with E-state index < -0.39 is 5.97 Å². The SMILES string of the molecule is Cc1cc(C)n2nc(C(=O)OCC(=O)c3cc(C)n(C[C@@H]4CCCO4)c3C)nc2n1. The summed E-state index contributed by atoms with van der Waals surface area (Å²) in [6.45, 7) is 8.69. The fraction of sp³-hybridized carbons (Fsp3) is 0.476. The molecule has 0 N–H and O–H groups in total. The number of Topliss-reactive ketones (excluding diaryl/α,β-unsaturated/α-hetero) is 1. The van der Waals surface area contributed by atoms with Crippen molar-refractivity contribution in [1.82, 2.24) is 24.1 Å². The second-order valence-corrected chi connectivity index (χ2v) is 7.72. The first-order valence-corrected chi connectivity index (χ1v) is 10.0. The summed E-state index contributed by atoms with van der Waals surface area (Å²) >= 11 is 0. The second kappa shape index (κ2) is 7.98. The summed E-state index contributed by atoms with van der Waals surface area (Å²) < 4.78 is 14.5. The Morgan fingerprint density at radius 1 is 1.17 bits per heavy atom. The van der Waals surface area contributed by atoms with Crippen LogP contribution in [0.3, 0.4) is 0 Å². The summed E-state index contributed by atoms with van der Waals surface area (Å²) in [4.78, 5) is 33.4. The van der Waals surface area contributed by atoms with Crippen molar-refractivity contribution in [3.63, 3.8) is 0 Å². The van der Waals surface area contributed by atoms with Crippen molar-refractivity contribution >= 4 is 17.5 Å². The smallest absolute Gasteiger partial charge is 0.378 e. The zero-order valence-electron chi connectivity index (χ0n) is 17.6. The number of nitrogens with zero attached hydrogens (tertiary/aromatic N) is 5. The largest absolute Gasteiger partial charge is 0.451 e. The van der Waals surface area contributed by atoms with E-state index in [1.165, 1.54) is 4.52 Å². The molecule has 9 heteroatoms. The number of esters is 1. The number of rotatable bonds is 6. The van der Waals surface area contributed by atoms with Crippen LogP contribution >= 0.6 is 0 Å². The molecule has 0 unspecified atom stereocenters. The van der Waals surface area contributed by atoms with E-state index in [-0.39, 0.29) is 24.3 Å². The Labute approximate surface area is 174 Å². The highest BCUT2D eigenvalue weighted by atomic mass is 16.5. The highest BCUT2D eigenvalue weighted by Gasteiger charge is 2.23. The van der Waals surface area contributed by atoms with E-state index in [1.807, 2.05) is 39.8 Å². The molecule has 1 aliphatic heterocycles. The predicted molar refractivity (Wildman–Crippen MR) is 108 cm³/mol. The third kappa shape index (κ3) is 3.85. The molecule has 0 saturated carbocycles. The first-order valence-electron chi connectivity index (χ1n) is 10.0. The Bertz CT molecular complexity index is 1120. The molecule has 0 amide bonds. The maximum absolute atomic E-state index is 12.7. The maximum atomic E-state index is 12.7. The number of carbonyl (C=O) groups is 2. The average molecular weight is 411 g/mol. The van der Waals surface area contributed by atoms with Crippen LogP contribution in [0.1, 0.15) is 56.6 Å². The number of hydrogen-bond acceptors (Lipinski definition) is 7. The van der Waals surface area contributed by atoms with Gasteiger partial charge in [0.15, 0.2) is 6.61 Å². The normalized spacial score (nSPS) is 16.3. The van der Waals surface area contributed by atoms with Crippen LogP contribution in [0.2, 0.25) is 0 Å². The van der Waals surface area contributed by atoms with E-state index in [4.69, 9.17) is 9.47 Å². The third-order valence-corrected chi connectivity index (χ3v) is 5.42. The molecule has 0 aliphatic carbocycles. The lowest BCUT2D eigenvalue weighted by molar-refractivity contribution is 0.0462. The Balaban J connectivity index is 1.44. The van der Waals surface area contributed by atoms with E-state index in [1.54, 1.807) is 0 Å². The number of aryl methyl sites for hydroxylation is 3. The molecule has 0 bridgehead atoms. The van der Waals surface area contributed by atoms with E-state index in [0.717, 1.165) is 48.8 Å². The maximum Gasteiger partial charge on any atom is 0.378 e. The van der Waals surface area contributed by atoms with Crippen molar-refractivity contribution in [3.05, 3.63) is 46.3 Å². The summed E-state index contributed by atoms with van der Waals surface area (Å²) in [5, 5.41) is 4.14.